The molecule has 0 saturated heterocycles. The fraction of sp³-hybridized carbons (Fsp3) is 0.111. The van der Waals surface area contributed by atoms with Crippen LogP contribution in [0.2, 0.25) is 0 Å². The molecule has 2 rings (SSSR count). The van der Waals surface area contributed by atoms with Gasteiger partial charge in [-0.2, -0.15) is 0 Å². The monoisotopic (exact) mass is 252 g/mol. The highest BCUT2D eigenvalue weighted by atomic mass is 32.1. The predicted octanol–water partition coefficient (Wildman–Crippen LogP) is 0.844. The smallest absolute Gasteiger partial charge is 0.285 e. The predicted molar refractivity (Wildman–Crippen MR) is 63.0 cm³/mol. The van der Waals surface area contributed by atoms with Crippen molar-refractivity contribution in [1.82, 2.24) is 9.55 Å². The largest absolute Gasteiger partial charge is 0.375 e. The van der Waals surface area contributed by atoms with E-state index < -0.39 is 4.92 Å². The molecule has 7 nitrogen and oxygen atoms in total. The van der Waals surface area contributed by atoms with Crippen molar-refractivity contribution in [1.29, 1.82) is 0 Å². The van der Waals surface area contributed by atoms with Crippen LogP contribution in [-0.4, -0.2) is 14.5 Å². The molecule has 2 heterocycles. The van der Waals surface area contributed by atoms with Gasteiger partial charge in [-0.1, -0.05) is 0 Å². The van der Waals surface area contributed by atoms with Gasteiger partial charge >= 0.3 is 0 Å². The molecule has 0 aliphatic carbocycles. The molecule has 2 aromatic rings. The first kappa shape index (κ1) is 11.3. The summed E-state index contributed by atoms with van der Waals surface area (Å²) in [5, 5.41) is 11.0. The number of anilines is 1. The van der Waals surface area contributed by atoms with Crippen molar-refractivity contribution in [2.45, 2.75) is 6.54 Å². The van der Waals surface area contributed by atoms with Crippen molar-refractivity contribution in [2.24, 2.45) is 0 Å². The summed E-state index contributed by atoms with van der Waals surface area (Å²) in [6.07, 6.45) is 2.75. The van der Waals surface area contributed by atoms with Gasteiger partial charge in [-0.15, -0.1) is 11.3 Å². The Morgan fingerprint density at radius 2 is 2.29 bits per heavy atom. The van der Waals surface area contributed by atoms with Crippen LogP contribution in [0, 0.1) is 10.1 Å². The molecule has 0 aliphatic rings. The van der Waals surface area contributed by atoms with E-state index in [1.54, 1.807) is 6.20 Å². The summed E-state index contributed by atoms with van der Waals surface area (Å²) in [7, 11) is 0. The van der Waals surface area contributed by atoms with Crippen LogP contribution in [0.15, 0.2) is 29.3 Å². The molecule has 0 saturated carbocycles. The number of nitro groups is 1. The first-order valence-electron chi connectivity index (χ1n) is 4.61. The lowest BCUT2D eigenvalue weighted by Crippen LogP contribution is -2.18. The zero-order valence-electron chi connectivity index (χ0n) is 8.57. The maximum absolute atomic E-state index is 11.5. The summed E-state index contributed by atoms with van der Waals surface area (Å²) in [4.78, 5) is 26.2. The third kappa shape index (κ3) is 2.48. The second kappa shape index (κ2) is 4.34. The molecule has 2 aromatic heterocycles. The number of nitrogens with zero attached hydrogens (tertiary/aromatic N) is 3. The van der Waals surface area contributed by atoms with Crippen LogP contribution in [-0.2, 0) is 6.54 Å². The topological polar surface area (TPSA) is 104 Å². The number of nitrogens with two attached hydrogens (primary N) is 1. The summed E-state index contributed by atoms with van der Waals surface area (Å²) in [6, 6.07) is 2.35. The first-order chi connectivity index (χ1) is 8.06. The van der Waals surface area contributed by atoms with E-state index in [9.17, 15) is 14.9 Å². The molecular weight excluding hydrogens is 244 g/mol. The van der Waals surface area contributed by atoms with Crippen molar-refractivity contribution in [3.8, 4) is 0 Å². The van der Waals surface area contributed by atoms with Crippen LogP contribution >= 0.6 is 11.3 Å². The van der Waals surface area contributed by atoms with E-state index in [-0.39, 0.29) is 17.8 Å². The maximum atomic E-state index is 11.5. The molecule has 0 amide bonds. The molecule has 0 unspecified atom stereocenters. The van der Waals surface area contributed by atoms with E-state index in [0.717, 1.165) is 4.88 Å². The van der Waals surface area contributed by atoms with E-state index in [0.29, 0.717) is 5.13 Å². The van der Waals surface area contributed by atoms with Gasteiger partial charge in [-0.3, -0.25) is 14.9 Å². The van der Waals surface area contributed by atoms with Crippen molar-refractivity contribution in [3.63, 3.8) is 0 Å². The summed E-state index contributed by atoms with van der Waals surface area (Å²) >= 11 is 1.24. The van der Waals surface area contributed by atoms with Gasteiger partial charge in [0.1, 0.15) is 0 Å². The van der Waals surface area contributed by atoms with Crippen LogP contribution < -0.4 is 11.3 Å². The number of hydrogen-bond acceptors (Lipinski definition) is 6. The SMILES string of the molecule is Nc1ncc(Cn2cc([N+](=O)[O-])ccc2=O)s1. The molecule has 17 heavy (non-hydrogen) atoms. The van der Waals surface area contributed by atoms with Crippen LogP contribution in [0.4, 0.5) is 10.8 Å². The molecule has 0 radical (unpaired) electrons. The molecular formula is C9H8N4O3S. The van der Waals surface area contributed by atoms with Crippen LogP contribution in [0.3, 0.4) is 0 Å². The fourth-order valence-corrected chi connectivity index (χ4v) is 2.00. The highest BCUT2D eigenvalue weighted by molar-refractivity contribution is 7.15. The number of rotatable bonds is 3. The normalized spacial score (nSPS) is 10.4. The maximum Gasteiger partial charge on any atom is 0.285 e. The van der Waals surface area contributed by atoms with E-state index >= 15 is 0 Å². The van der Waals surface area contributed by atoms with Gasteiger partial charge in [0.15, 0.2) is 5.13 Å². The number of thiazole rings is 1. The standard InChI is InChI=1S/C9H8N4O3S/c10-9-11-3-7(17-9)5-12-4-6(13(15)16)1-2-8(12)14/h1-4H,5H2,(H2,10,11). The average molecular weight is 252 g/mol. The zero-order valence-corrected chi connectivity index (χ0v) is 9.38. The number of nitrogen functional groups attached to an aromatic ring is 1. The Hall–Kier alpha value is -2.22. The molecule has 88 valence electrons. The van der Waals surface area contributed by atoms with E-state index in [2.05, 4.69) is 4.98 Å². The molecule has 8 heteroatoms. The Kier molecular flexibility index (Phi) is 2.88. The Labute approximate surface area is 99.3 Å². The number of hydrogen-bond donors (Lipinski definition) is 1. The minimum absolute atomic E-state index is 0.123. The Bertz CT molecular complexity index is 619. The van der Waals surface area contributed by atoms with Crippen LogP contribution in [0.1, 0.15) is 4.88 Å². The van der Waals surface area contributed by atoms with Gasteiger partial charge in [0, 0.05) is 23.2 Å². The molecule has 0 aromatic carbocycles. The van der Waals surface area contributed by atoms with Crippen molar-refractivity contribution in [3.05, 3.63) is 49.9 Å². The lowest BCUT2D eigenvalue weighted by Gasteiger charge is -2.02. The van der Waals surface area contributed by atoms with Crippen molar-refractivity contribution >= 4 is 22.2 Å². The Balaban J connectivity index is 2.35. The molecule has 0 fully saturated rings. The van der Waals surface area contributed by atoms with Gasteiger partial charge < -0.3 is 10.3 Å². The number of pyridine rings is 1. The van der Waals surface area contributed by atoms with Gasteiger partial charge in [0.05, 0.1) is 17.7 Å². The summed E-state index contributed by atoms with van der Waals surface area (Å²) in [6.45, 7) is 0.232. The summed E-state index contributed by atoms with van der Waals surface area (Å²) < 4.78 is 1.26. The minimum atomic E-state index is -0.545. The van der Waals surface area contributed by atoms with E-state index in [1.165, 1.54) is 34.2 Å². The Morgan fingerprint density at radius 1 is 1.53 bits per heavy atom. The molecule has 0 aliphatic heterocycles. The van der Waals surface area contributed by atoms with Crippen LogP contribution in [0.25, 0.3) is 0 Å². The second-order valence-electron chi connectivity index (χ2n) is 3.28. The Morgan fingerprint density at radius 3 is 2.88 bits per heavy atom. The summed E-state index contributed by atoms with van der Waals surface area (Å²) in [5.74, 6) is 0. The second-order valence-corrected chi connectivity index (χ2v) is 4.42. The highest BCUT2D eigenvalue weighted by Crippen LogP contribution is 2.16. The third-order valence-corrected chi connectivity index (χ3v) is 2.89. The molecule has 0 bridgehead atoms. The fourth-order valence-electron chi connectivity index (χ4n) is 1.31. The molecule has 0 atom stereocenters. The molecule has 0 spiro atoms. The van der Waals surface area contributed by atoms with E-state index in [4.69, 9.17) is 5.73 Å². The minimum Gasteiger partial charge on any atom is -0.375 e. The zero-order chi connectivity index (χ0) is 12.4. The van der Waals surface area contributed by atoms with Gasteiger partial charge in [0.2, 0.25) is 0 Å². The third-order valence-electron chi connectivity index (χ3n) is 2.08. The van der Waals surface area contributed by atoms with Gasteiger partial charge in [-0.05, 0) is 0 Å². The number of aromatic nitrogens is 2. The first-order valence-corrected chi connectivity index (χ1v) is 5.43. The van der Waals surface area contributed by atoms with Gasteiger partial charge in [-0.25, -0.2) is 4.98 Å². The van der Waals surface area contributed by atoms with Gasteiger partial charge in [0.25, 0.3) is 11.2 Å². The summed E-state index contributed by atoms with van der Waals surface area (Å²) in [5.41, 5.74) is 5.03. The lowest BCUT2D eigenvalue weighted by atomic mass is 10.4. The lowest BCUT2D eigenvalue weighted by molar-refractivity contribution is -0.385. The quantitative estimate of drug-likeness (QED) is 0.644. The highest BCUT2D eigenvalue weighted by Gasteiger charge is 2.09. The van der Waals surface area contributed by atoms with Crippen molar-refractivity contribution in [2.75, 3.05) is 5.73 Å². The molecule has 2 N–H and O–H groups in total. The van der Waals surface area contributed by atoms with Crippen LogP contribution in [0.5, 0.6) is 0 Å². The van der Waals surface area contributed by atoms with Crippen molar-refractivity contribution < 1.29 is 4.92 Å². The average Bonchev–Trinajstić information content (AvgIpc) is 2.67. The van der Waals surface area contributed by atoms with E-state index in [1.807, 2.05) is 0 Å².